The predicted molar refractivity (Wildman–Crippen MR) is 103 cm³/mol. The number of hydrogen-bond donors (Lipinski definition) is 1. The number of aryl methyl sites for hydroxylation is 1. The summed E-state index contributed by atoms with van der Waals surface area (Å²) in [7, 11) is 0. The predicted octanol–water partition coefficient (Wildman–Crippen LogP) is 4.52. The molecule has 1 spiro atoms. The monoisotopic (exact) mass is 384 g/mol. The van der Waals surface area contributed by atoms with Crippen LogP contribution in [0.4, 0.5) is 5.69 Å². The largest absolute Gasteiger partial charge is 0.381 e. The van der Waals surface area contributed by atoms with Gasteiger partial charge in [-0.25, -0.2) is 0 Å². The Labute approximate surface area is 159 Å². The Balaban J connectivity index is 1.61. The molecular formula is C19H26Cl2N2O2. The summed E-state index contributed by atoms with van der Waals surface area (Å²) in [4.78, 5) is 15.0. The molecule has 1 amide bonds. The molecule has 138 valence electrons. The summed E-state index contributed by atoms with van der Waals surface area (Å²) in [5.41, 5.74) is 1.83. The maximum absolute atomic E-state index is 12.7. The number of nitrogens with zero attached hydrogens (tertiary/aromatic N) is 1. The quantitative estimate of drug-likeness (QED) is 0.832. The van der Waals surface area contributed by atoms with Crippen LogP contribution in [0.15, 0.2) is 12.1 Å². The minimum Gasteiger partial charge on any atom is -0.381 e. The highest BCUT2D eigenvalue weighted by Crippen LogP contribution is 2.41. The molecule has 0 bridgehead atoms. The highest BCUT2D eigenvalue weighted by molar-refractivity contribution is 6.40. The SMILES string of the molecule is Cc1ccc(Cl)c(NC(=O)C(C)N2CCC3(CCOCC3)CC2)c1Cl. The van der Waals surface area contributed by atoms with Crippen LogP contribution in [0.3, 0.4) is 0 Å². The highest BCUT2D eigenvalue weighted by Gasteiger charge is 2.38. The van der Waals surface area contributed by atoms with Crippen LogP contribution in [0.25, 0.3) is 0 Å². The molecule has 0 radical (unpaired) electrons. The van der Waals surface area contributed by atoms with E-state index in [0.717, 1.165) is 57.6 Å². The third-order valence-corrected chi connectivity index (χ3v) is 6.67. The van der Waals surface area contributed by atoms with Gasteiger partial charge in [-0.1, -0.05) is 29.3 Å². The normalized spacial score (nSPS) is 21.9. The summed E-state index contributed by atoms with van der Waals surface area (Å²) < 4.78 is 5.51. The van der Waals surface area contributed by atoms with E-state index in [9.17, 15) is 4.79 Å². The lowest BCUT2D eigenvalue weighted by Crippen LogP contribution is -2.49. The van der Waals surface area contributed by atoms with Crippen LogP contribution in [0.2, 0.25) is 10.0 Å². The van der Waals surface area contributed by atoms with Crippen LogP contribution in [-0.4, -0.2) is 43.2 Å². The van der Waals surface area contributed by atoms with Crippen LogP contribution in [0.5, 0.6) is 0 Å². The highest BCUT2D eigenvalue weighted by atomic mass is 35.5. The second kappa shape index (κ2) is 7.83. The zero-order valence-corrected chi connectivity index (χ0v) is 16.4. The zero-order chi connectivity index (χ0) is 18.0. The van der Waals surface area contributed by atoms with Gasteiger partial charge in [0.2, 0.25) is 5.91 Å². The van der Waals surface area contributed by atoms with E-state index in [2.05, 4.69) is 10.2 Å². The van der Waals surface area contributed by atoms with Gasteiger partial charge in [0.15, 0.2) is 0 Å². The van der Waals surface area contributed by atoms with E-state index < -0.39 is 0 Å². The van der Waals surface area contributed by atoms with Gasteiger partial charge in [0.1, 0.15) is 0 Å². The Bertz CT molecular complexity index is 635. The Hall–Kier alpha value is -0.810. The number of nitrogens with one attached hydrogen (secondary N) is 1. The van der Waals surface area contributed by atoms with Gasteiger partial charge in [-0.15, -0.1) is 0 Å². The number of piperidine rings is 1. The van der Waals surface area contributed by atoms with E-state index in [-0.39, 0.29) is 11.9 Å². The molecule has 25 heavy (non-hydrogen) atoms. The van der Waals surface area contributed by atoms with Crippen molar-refractivity contribution < 1.29 is 9.53 Å². The summed E-state index contributed by atoms with van der Waals surface area (Å²) in [5.74, 6) is -0.0580. The third-order valence-electron chi connectivity index (χ3n) is 5.87. The molecule has 2 heterocycles. The van der Waals surface area contributed by atoms with Crippen molar-refractivity contribution in [3.63, 3.8) is 0 Å². The minimum absolute atomic E-state index is 0.0580. The first-order valence-electron chi connectivity index (χ1n) is 8.99. The van der Waals surface area contributed by atoms with Gasteiger partial charge in [-0.3, -0.25) is 9.69 Å². The van der Waals surface area contributed by atoms with Crippen molar-refractivity contribution in [3.8, 4) is 0 Å². The first kappa shape index (κ1) is 19.0. The standard InChI is InChI=1S/C19H26Cl2N2O2/c1-13-3-4-15(20)17(16(13)21)22-18(24)14(2)23-9-5-19(6-10-23)7-11-25-12-8-19/h3-4,14H,5-12H2,1-2H3,(H,22,24). The molecule has 4 nitrogen and oxygen atoms in total. The van der Waals surface area contributed by atoms with Crippen molar-refractivity contribution in [2.24, 2.45) is 5.41 Å². The first-order valence-corrected chi connectivity index (χ1v) is 9.75. The Kier molecular flexibility index (Phi) is 5.94. The molecule has 1 atom stereocenters. The minimum atomic E-state index is -0.204. The molecule has 1 aromatic rings. The van der Waals surface area contributed by atoms with Crippen molar-refractivity contribution >= 4 is 34.8 Å². The summed E-state index contributed by atoms with van der Waals surface area (Å²) in [5, 5.41) is 3.90. The maximum Gasteiger partial charge on any atom is 0.241 e. The topological polar surface area (TPSA) is 41.6 Å². The number of hydrogen-bond acceptors (Lipinski definition) is 3. The molecule has 2 saturated heterocycles. The third kappa shape index (κ3) is 4.13. The van der Waals surface area contributed by atoms with E-state index >= 15 is 0 Å². The number of rotatable bonds is 3. The van der Waals surface area contributed by atoms with E-state index in [0.29, 0.717) is 21.1 Å². The fourth-order valence-electron chi connectivity index (χ4n) is 3.85. The first-order chi connectivity index (χ1) is 11.9. The van der Waals surface area contributed by atoms with E-state index in [1.54, 1.807) is 6.07 Å². The Morgan fingerprint density at radius 1 is 1.20 bits per heavy atom. The number of likely N-dealkylation sites (tertiary alicyclic amines) is 1. The van der Waals surface area contributed by atoms with Crippen molar-refractivity contribution in [1.29, 1.82) is 0 Å². The van der Waals surface area contributed by atoms with E-state index in [1.165, 1.54) is 0 Å². The number of carbonyl (C=O) groups excluding carboxylic acids is 1. The van der Waals surface area contributed by atoms with Gasteiger partial charge in [0.25, 0.3) is 0 Å². The second-order valence-corrected chi connectivity index (χ2v) is 8.15. The number of anilines is 1. The van der Waals surface area contributed by atoms with Crippen LogP contribution in [0.1, 0.15) is 38.2 Å². The van der Waals surface area contributed by atoms with Gasteiger partial charge in [-0.2, -0.15) is 0 Å². The number of amides is 1. The lowest BCUT2D eigenvalue weighted by Gasteiger charge is -2.45. The average Bonchev–Trinajstić information content (AvgIpc) is 2.62. The molecule has 1 N–H and O–H groups in total. The smallest absolute Gasteiger partial charge is 0.241 e. The molecule has 0 aromatic heterocycles. The molecular weight excluding hydrogens is 359 g/mol. The number of benzene rings is 1. The number of carbonyl (C=O) groups is 1. The van der Waals surface area contributed by atoms with Crippen LogP contribution >= 0.6 is 23.2 Å². The van der Waals surface area contributed by atoms with Crippen molar-refractivity contribution in [1.82, 2.24) is 4.90 Å². The lowest BCUT2D eigenvalue weighted by molar-refractivity contribution is -0.122. The van der Waals surface area contributed by atoms with E-state index in [1.807, 2.05) is 19.9 Å². The molecule has 0 aliphatic carbocycles. The lowest BCUT2D eigenvalue weighted by atomic mass is 9.72. The van der Waals surface area contributed by atoms with Crippen molar-refractivity contribution in [2.45, 2.75) is 45.6 Å². The molecule has 2 aliphatic heterocycles. The molecule has 1 aromatic carbocycles. The number of ether oxygens (including phenoxy) is 1. The van der Waals surface area contributed by atoms with Crippen LogP contribution < -0.4 is 5.32 Å². The van der Waals surface area contributed by atoms with Gasteiger partial charge < -0.3 is 10.1 Å². The van der Waals surface area contributed by atoms with Gasteiger partial charge in [-0.05, 0) is 69.7 Å². The molecule has 0 saturated carbocycles. The summed E-state index contributed by atoms with van der Waals surface area (Å²) in [6.45, 7) is 7.50. The molecule has 1 unspecified atom stereocenters. The van der Waals surface area contributed by atoms with Crippen LogP contribution in [0, 0.1) is 12.3 Å². The summed E-state index contributed by atoms with van der Waals surface area (Å²) >= 11 is 12.5. The average molecular weight is 385 g/mol. The number of halogens is 2. The van der Waals surface area contributed by atoms with Gasteiger partial charge in [0, 0.05) is 13.2 Å². The molecule has 6 heteroatoms. The fourth-order valence-corrected chi connectivity index (χ4v) is 4.32. The second-order valence-electron chi connectivity index (χ2n) is 7.37. The molecule has 2 fully saturated rings. The van der Waals surface area contributed by atoms with Gasteiger partial charge >= 0.3 is 0 Å². The van der Waals surface area contributed by atoms with Crippen molar-refractivity contribution in [2.75, 3.05) is 31.6 Å². The van der Waals surface area contributed by atoms with E-state index in [4.69, 9.17) is 27.9 Å². The summed E-state index contributed by atoms with van der Waals surface area (Å²) in [6.07, 6.45) is 4.58. The Morgan fingerprint density at radius 2 is 1.84 bits per heavy atom. The van der Waals surface area contributed by atoms with Crippen molar-refractivity contribution in [3.05, 3.63) is 27.7 Å². The molecule has 3 rings (SSSR count). The van der Waals surface area contributed by atoms with Gasteiger partial charge in [0.05, 0.1) is 21.8 Å². The summed E-state index contributed by atoms with van der Waals surface area (Å²) in [6, 6.07) is 3.41. The van der Waals surface area contributed by atoms with Crippen LogP contribution in [-0.2, 0) is 9.53 Å². The maximum atomic E-state index is 12.7. The Morgan fingerprint density at radius 3 is 2.48 bits per heavy atom. The zero-order valence-electron chi connectivity index (χ0n) is 14.9. The molecule has 2 aliphatic rings. The fraction of sp³-hybridized carbons (Fsp3) is 0.632.